The Labute approximate surface area is 205 Å². The van der Waals surface area contributed by atoms with Crippen LogP contribution in [0.1, 0.15) is 38.2 Å². The molecule has 0 amide bonds. The normalized spacial score (nSPS) is 26.4. The molecule has 0 aliphatic heterocycles. The van der Waals surface area contributed by atoms with Crippen LogP contribution in [0, 0.1) is 23.7 Å². The molecule has 2 N–H and O–H groups in total. The van der Waals surface area contributed by atoms with Crippen molar-refractivity contribution in [3.63, 3.8) is 0 Å². The van der Waals surface area contributed by atoms with Gasteiger partial charge in [-0.25, -0.2) is 0 Å². The third-order valence-corrected chi connectivity index (χ3v) is 7.63. The van der Waals surface area contributed by atoms with Gasteiger partial charge in [0.15, 0.2) is 0 Å². The van der Waals surface area contributed by atoms with Crippen LogP contribution in [0.15, 0.2) is 52.0 Å². The number of rotatable bonds is 7. The highest BCUT2D eigenvalue weighted by Crippen LogP contribution is 2.43. The molecule has 190 valence electrons. The standard InChI is InChI=1S/C25H31BrF6N2/c1-16-20(10-21(24(27,28)29)11-23(16)25(30,31)32)15-34(14-19-6-8-22(26)9-7-19)13-18-4-2-17(12-33)3-5-18/h6-11,16-18,20H,2-5,12-15,33H2,1H3. The number of nitrogens with zero attached hydrogens (tertiary/aromatic N) is 1. The molecule has 0 aromatic heterocycles. The quantitative estimate of drug-likeness (QED) is 0.360. The molecule has 9 heteroatoms. The second-order valence-corrected chi connectivity index (χ2v) is 10.5. The van der Waals surface area contributed by atoms with Crippen LogP contribution in [0.2, 0.25) is 0 Å². The molecule has 1 fully saturated rings. The molecule has 2 atom stereocenters. The highest BCUT2D eigenvalue weighted by atomic mass is 79.9. The second kappa shape index (κ2) is 11.2. The van der Waals surface area contributed by atoms with Crippen LogP contribution < -0.4 is 5.73 Å². The topological polar surface area (TPSA) is 29.3 Å². The first-order chi connectivity index (χ1) is 15.9. The van der Waals surface area contributed by atoms with E-state index in [1.165, 1.54) is 6.92 Å². The maximum Gasteiger partial charge on any atom is 0.416 e. The van der Waals surface area contributed by atoms with Crippen molar-refractivity contribution in [2.75, 3.05) is 19.6 Å². The minimum atomic E-state index is -4.83. The van der Waals surface area contributed by atoms with Crippen LogP contribution in [-0.2, 0) is 6.54 Å². The first kappa shape index (κ1) is 27.3. The van der Waals surface area contributed by atoms with Crippen molar-refractivity contribution >= 4 is 15.9 Å². The van der Waals surface area contributed by atoms with Gasteiger partial charge in [-0.1, -0.05) is 41.1 Å². The highest BCUT2D eigenvalue weighted by molar-refractivity contribution is 9.10. The Balaban J connectivity index is 1.83. The monoisotopic (exact) mass is 552 g/mol. The Bertz CT molecular complexity index is 867. The van der Waals surface area contributed by atoms with Gasteiger partial charge < -0.3 is 5.73 Å². The van der Waals surface area contributed by atoms with Gasteiger partial charge in [-0.3, -0.25) is 4.90 Å². The third-order valence-electron chi connectivity index (χ3n) is 7.10. The second-order valence-electron chi connectivity index (χ2n) is 9.61. The summed E-state index contributed by atoms with van der Waals surface area (Å²) in [4.78, 5) is 2.03. The van der Waals surface area contributed by atoms with Crippen LogP contribution in [0.3, 0.4) is 0 Å². The lowest BCUT2D eigenvalue weighted by Crippen LogP contribution is -2.39. The molecular formula is C25H31BrF6N2. The fourth-order valence-electron chi connectivity index (χ4n) is 5.04. The van der Waals surface area contributed by atoms with Crippen LogP contribution in [0.25, 0.3) is 0 Å². The fourth-order valence-corrected chi connectivity index (χ4v) is 5.31. The van der Waals surface area contributed by atoms with Crippen molar-refractivity contribution in [3.8, 4) is 0 Å². The van der Waals surface area contributed by atoms with E-state index in [4.69, 9.17) is 5.73 Å². The molecular weight excluding hydrogens is 522 g/mol. The highest BCUT2D eigenvalue weighted by Gasteiger charge is 2.45. The van der Waals surface area contributed by atoms with Crippen molar-refractivity contribution in [1.29, 1.82) is 0 Å². The third kappa shape index (κ3) is 7.34. The average Bonchev–Trinajstić information content (AvgIpc) is 2.75. The summed E-state index contributed by atoms with van der Waals surface area (Å²) in [6, 6.07) is 7.61. The molecule has 0 bridgehead atoms. The summed E-state index contributed by atoms with van der Waals surface area (Å²) >= 11 is 3.39. The number of allylic oxidation sites excluding steroid dienone is 3. The van der Waals surface area contributed by atoms with Gasteiger partial charge in [0.05, 0.1) is 5.57 Å². The van der Waals surface area contributed by atoms with E-state index in [0.29, 0.717) is 31.5 Å². The smallest absolute Gasteiger partial charge is 0.330 e. The summed E-state index contributed by atoms with van der Waals surface area (Å²) < 4.78 is 82.1. The Kier molecular flexibility index (Phi) is 8.96. The molecule has 0 spiro atoms. The van der Waals surface area contributed by atoms with E-state index in [1.807, 2.05) is 29.2 Å². The van der Waals surface area contributed by atoms with Gasteiger partial charge in [0.25, 0.3) is 0 Å². The van der Waals surface area contributed by atoms with Crippen LogP contribution in [0.5, 0.6) is 0 Å². The summed E-state index contributed by atoms with van der Waals surface area (Å²) in [5, 5.41) is 0. The van der Waals surface area contributed by atoms with E-state index in [9.17, 15) is 26.3 Å². The van der Waals surface area contributed by atoms with E-state index >= 15 is 0 Å². The van der Waals surface area contributed by atoms with Gasteiger partial charge in [0.1, 0.15) is 0 Å². The van der Waals surface area contributed by atoms with Crippen molar-refractivity contribution in [1.82, 2.24) is 4.90 Å². The number of alkyl halides is 6. The first-order valence-electron chi connectivity index (χ1n) is 11.6. The van der Waals surface area contributed by atoms with Crippen LogP contribution in [0.4, 0.5) is 26.3 Å². The molecule has 34 heavy (non-hydrogen) atoms. The van der Waals surface area contributed by atoms with E-state index in [1.54, 1.807) is 0 Å². The lowest BCUT2D eigenvalue weighted by molar-refractivity contribution is -0.105. The number of nitrogens with two attached hydrogens (primary N) is 1. The molecule has 1 saturated carbocycles. The number of halogens is 7. The molecule has 1 aromatic rings. The van der Waals surface area contributed by atoms with Gasteiger partial charge in [-0.2, -0.15) is 26.3 Å². The SMILES string of the molecule is CC1C(C(F)(F)F)=CC(C(F)(F)F)=CC1CN(Cc1ccc(Br)cc1)CC1CCC(CN)CC1. The van der Waals surface area contributed by atoms with Gasteiger partial charge in [-0.05, 0) is 79.7 Å². The van der Waals surface area contributed by atoms with E-state index in [-0.39, 0.29) is 12.6 Å². The van der Waals surface area contributed by atoms with Crippen LogP contribution in [-0.4, -0.2) is 36.9 Å². The van der Waals surface area contributed by atoms with Gasteiger partial charge in [0.2, 0.25) is 0 Å². The summed E-state index contributed by atoms with van der Waals surface area (Å²) in [6.07, 6.45) is -4.43. The van der Waals surface area contributed by atoms with E-state index in [2.05, 4.69) is 15.9 Å². The van der Waals surface area contributed by atoms with E-state index < -0.39 is 35.3 Å². The van der Waals surface area contributed by atoms with Crippen LogP contribution >= 0.6 is 15.9 Å². The molecule has 1 aromatic carbocycles. The van der Waals surface area contributed by atoms with Crippen molar-refractivity contribution < 1.29 is 26.3 Å². The zero-order valence-corrected chi connectivity index (χ0v) is 20.7. The van der Waals surface area contributed by atoms with E-state index in [0.717, 1.165) is 41.8 Å². The predicted molar refractivity (Wildman–Crippen MR) is 125 cm³/mol. The fraction of sp³-hybridized carbons (Fsp3) is 0.600. The summed E-state index contributed by atoms with van der Waals surface area (Å²) in [5.74, 6) is -1.12. The molecule has 3 rings (SSSR count). The number of hydrogen-bond acceptors (Lipinski definition) is 2. The molecule has 0 heterocycles. The average molecular weight is 553 g/mol. The van der Waals surface area contributed by atoms with Crippen molar-refractivity contribution in [2.24, 2.45) is 29.4 Å². The molecule has 0 saturated heterocycles. The first-order valence-corrected chi connectivity index (χ1v) is 12.4. The van der Waals surface area contributed by atoms with Gasteiger partial charge in [0, 0.05) is 29.7 Å². The Hall–Kier alpha value is -1.32. The lowest BCUT2D eigenvalue weighted by atomic mass is 9.79. The summed E-state index contributed by atoms with van der Waals surface area (Å²) in [5.41, 5.74) is 4.43. The molecule has 2 nitrogen and oxygen atoms in total. The Morgan fingerprint density at radius 1 is 0.912 bits per heavy atom. The maximum atomic E-state index is 13.6. The zero-order chi connectivity index (χ0) is 25.1. The number of benzene rings is 1. The van der Waals surface area contributed by atoms with Crippen molar-refractivity contribution in [3.05, 3.63) is 57.6 Å². The molecule has 2 aliphatic rings. The largest absolute Gasteiger partial charge is 0.416 e. The minimum Gasteiger partial charge on any atom is -0.330 e. The summed E-state index contributed by atoms with van der Waals surface area (Å²) in [6.45, 7) is 3.25. The minimum absolute atomic E-state index is 0.126. The predicted octanol–water partition coefficient (Wildman–Crippen LogP) is 7.26. The lowest BCUT2D eigenvalue weighted by Gasteiger charge is -2.37. The molecule has 0 radical (unpaired) electrons. The maximum absolute atomic E-state index is 13.6. The number of hydrogen-bond donors (Lipinski definition) is 1. The molecule has 2 unspecified atom stereocenters. The van der Waals surface area contributed by atoms with Gasteiger partial charge >= 0.3 is 12.4 Å². The summed E-state index contributed by atoms with van der Waals surface area (Å²) in [7, 11) is 0. The Morgan fingerprint density at radius 3 is 2.03 bits per heavy atom. The Morgan fingerprint density at radius 2 is 1.50 bits per heavy atom. The van der Waals surface area contributed by atoms with Crippen molar-refractivity contribution in [2.45, 2.75) is 51.5 Å². The van der Waals surface area contributed by atoms with Gasteiger partial charge in [-0.15, -0.1) is 0 Å². The molecule has 2 aliphatic carbocycles. The zero-order valence-electron chi connectivity index (χ0n) is 19.1.